The van der Waals surface area contributed by atoms with Gasteiger partial charge in [-0.3, -0.25) is 10.00 Å². The molecule has 5 heterocycles. The Balaban J connectivity index is 1.57. The smallest absolute Gasteiger partial charge is 0.146 e. The van der Waals surface area contributed by atoms with Crippen molar-refractivity contribution in [3.05, 3.63) is 33.7 Å². The number of hydrogen-bond acceptors (Lipinski definition) is 6. The van der Waals surface area contributed by atoms with Gasteiger partial charge in [-0.05, 0) is 45.3 Å². The van der Waals surface area contributed by atoms with Crippen molar-refractivity contribution in [2.75, 3.05) is 24.5 Å². The fourth-order valence-corrected chi connectivity index (χ4v) is 5.16. The predicted molar refractivity (Wildman–Crippen MR) is 105 cm³/mol. The number of aromatic nitrogens is 4. The van der Waals surface area contributed by atoms with Gasteiger partial charge in [0.25, 0.3) is 0 Å². The predicted octanol–water partition coefficient (Wildman–Crippen LogP) is 3.19. The Morgan fingerprint density at radius 3 is 2.85 bits per heavy atom. The molecule has 1 fully saturated rings. The van der Waals surface area contributed by atoms with Crippen LogP contribution in [0, 0.1) is 13.8 Å². The molecule has 1 saturated heterocycles. The molecule has 0 saturated carbocycles. The number of hydrogen-bond donors (Lipinski definition) is 1. The van der Waals surface area contributed by atoms with E-state index in [2.05, 4.69) is 33.8 Å². The molecule has 0 amide bonds. The number of fused-ring (bicyclic) bond motifs is 2. The number of anilines is 1. The van der Waals surface area contributed by atoms with Gasteiger partial charge in [0.15, 0.2) is 0 Å². The fraction of sp³-hybridized carbons (Fsp3) is 0.526. The summed E-state index contributed by atoms with van der Waals surface area (Å²) in [6.07, 6.45) is 5.53. The molecule has 2 aliphatic rings. The average Bonchev–Trinajstić information content (AvgIpc) is 3.36. The summed E-state index contributed by atoms with van der Waals surface area (Å²) in [5, 5.41) is 8.58. The van der Waals surface area contributed by atoms with E-state index in [1.165, 1.54) is 53.0 Å². The molecule has 0 aliphatic carbocycles. The van der Waals surface area contributed by atoms with Gasteiger partial charge in [0, 0.05) is 35.6 Å². The molecule has 0 bridgehead atoms. The van der Waals surface area contributed by atoms with Crippen LogP contribution in [-0.2, 0) is 19.5 Å². The minimum Gasteiger partial charge on any atom is -0.351 e. The number of aromatic amines is 1. The Morgan fingerprint density at radius 1 is 1.15 bits per heavy atom. The zero-order valence-corrected chi connectivity index (χ0v) is 16.2. The van der Waals surface area contributed by atoms with Gasteiger partial charge in [-0.25, -0.2) is 9.97 Å². The number of aryl methyl sites for hydroxylation is 2. The number of rotatable bonds is 3. The van der Waals surface area contributed by atoms with E-state index in [0.29, 0.717) is 0 Å². The van der Waals surface area contributed by atoms with E-state index >= 15 is 0 Å². The summed E-state index contributed by atoms with van der Waals surface area (Å²) in [6.45, 7) is 9.44. The van der Waals surface area contributed by atoms with E-state index in [0.717, 1.165) is 42.5 Å². The molecule has 7 heteroatoms. The van der Waals surface area contributed by atoms with Crippen molar-refractivity contribution in [2.24, 2.45) is 0 Å². The topological polar surface area (TPSA) is 60.9 Å². The van der Waals surface area contributed by atoms with Crippen LogP contribution in [0.1, 0.15) is 40.4 Å². The van der Waals surface area contributed by atoms with E-state index < -0.39 is 0 Å². The van der Waals surface area contributed by atoms with Crippen LogP contribution in [0.4, 0.5) is 5.82 Å². The molecular weight excluding hydrogens is 344 g/mol. The van der Waals surface area contributed by atoms with Crippen LogP contribution in [0.15, 0.2) is 6.20 Å². The van der Waals surface area contributed by atoms with Crippen molar-refractivity contribution < 1.29 is 0 Å². The van der Waals surface area contributed by atoms with E-state index in [1.54, 1.807) is 11.3 Å². The molecule has 0 radical (unpaired) electrons. The highest BCUT2D eigenvalue weighted by atomic mass is 32.1. The summed E-state index contributed by atoms with van der Waals surface area (Å²) in [5.74, 6) is 2.08. The molecule has 2 aliphatic heterocycles. The van der Waals surface area contributed by atoms with Crippen molar-refractivity contribution in [1.29, 1.82) is 0 Å². The number of thiophene rings is 1. The second kappa shape index (κ2) is 6.32. The highest BCUT2D eigenvalue weighted by Crippen LogP contribution is 2.36. The lowest BCUT2D eigenvalue weighted by Gasteiger charge is -2.28. The van der Waals surface area contributed by atoms with Crippen molar-refractivity contribution in [2.45, 2.75) is 46.2 Å². The van der Waals surface area contributed by atoms with Gasteiger partial charge in [0.05, 0.1) is 18.1 Å². The lowest BCUT2D eigenvalue weighted by molar-refractivity contribution is 0.323. The highest BCUT2D eigenvalue weighted by molar-refractivity contribution is 7.18. The maximum Gasteiger partial charge on any atom is 0.146 e. The third-order valence-electron chi connectivity index (χ3n) is 5.72. The van der Waals surface area contributed by atoms with E-state index in [4.69, 9.17) is 9.97 Å². The lowest BCUT2D eigenvalue weighted by Crippen LogP contribution is -2.31. The van der Waals surface area contributed by atoms with Crippen LogP contribution in [0.2, 0.25) is 0 Å². The van der Waals surface area contributed by atoms with Crippen LogP contribution in [0.25, 0.3) is 10.2 Å². The molecule has 0 aromatic carbocycles. The zero-order valence-electron chi connectivity index (χ0n) is 15.4. The van der Waals surface area contributed by atoms with Gasteiger partial charge in [-0.15, -0.1) is 11.3 Å². The van der Waals surface area contributed by atoms with E-state index in [9.17, 15) is 0 Å². The monoisotopic (exact) mass is 368 g/mol. The van der Waals surface area contributed by atoms with Gasteiger partial charge in [0.1, 0.15) is 16.5 Å². The molecule has 1 N–H and O–H groups in total. The van der Waals surface area contributed by atoms with E-state index in [1.807, 2.05) is 6.20 Å². The maximum absolute atomic E-state index is 5.07. The van der Waals surface area contributed by atoms with Gasteiger partial charge < -0.3 is 4.90 Å². The van der Waals surface area contributed by atoms with E-state index in [-0.39, 0.29) is 0 Å². The number of nitrogens with zero attached hydrogens (tertiary/aromatic N) is 5. The van der Waals surface area contributed by atoms with Crippen LogP contribution in [0.3, 0.4) is 0 Å². The van der Waals surface area contributed by atoms with Crippen molar-refractivity contribution >= 4 is 27.4 Å². The molecular formula is C19H24N6S. The Kier molecular flexibility index (Phi) is 3.94. The normalized spacial score (nSPS) is 18.0. The van der Waals surface area contributed by atoms with Crippen LogP contribution >= 0.6 is 11.3 Å². The molecule has 0 unspecified atom stereocenters. The zero-order chi connectivity index (χ0) is 17.7. The Labute approximate surface area is 157 Å². The standard InChI is InChI=1S/C19H24N6S/c1-12-13(2)26-19-17(12)18(21-16(22-19)11-24-6-3-4-7-24)25-8-5-15-14(10-25)9-20-23-15/h9H,3-8,10-11H2,1-2H3,(H,20,23). The van der Waals surface area contributed by atoms with Crippen molar-refractivity contribution in [3.63, 3.8) is 0 Å². The third-order valence-corrected chi connectivity index (χ3v) is 6.82. The maximum atomic E-state index is 5.07. The molecule has 3 aromatic rings. The first-order chi connectivity index (χ1) is 12.7. The number of nitrogens with one attached hydrogen (secondary N) is 1. The fourth-order valence-electron chi connectivity index (χ4n) is 4.11. The molecule has 6 nitrogen and oxygen atoms in total. The quantitative estimate of drug-likeness (QED) is 0.769. The summed E-state index contributed by atoms with van der Waals surface area (Å²) >= 11 is 1.80. The molecule has 0 spiro atoms. The average molecular weight is 369 g/mol. The molecule has 136 valence electrons. The van der Waals surface area contributed by atoms with Gasteiger partial charge in [-0.2, -0.15) is 5.10 Å². The van der Waals surface area contributed by atoms with Gasteiger partial charge >= 0.3 is 0 Å². The van der Waals surface area contributed by atoms with Gasteiger partial charge in [0.2, 0.25) is 0 Å². The summed E-state index contributed by atoms with van der Waals surface area (Å²) in [6, 6.07) is 0. The van der Waals surface area contributed by atoms with Gasteiger partial charge in [-0.1, -0.05) is 0 Å². The highest BCUT2D eigenvalue weighted by Gasteiger charge is 2.24. The summed E-state index contributed by atoms with van der Waals surface area (Å²) in [5.41, 5.74) is 3.88. The molecule has 0 atom stereocenters. The Hall–Kier alpha value is -1.99. The largest absolute Gasteiger partial charge is 0.351 e. The first-order valence-corrected chi connectivity index (χ1v) is 10.3. The van der Waals surface area contributed by atoms with Crippen LogP contribution in [0.5, 0.6) is 0 Å². The minimum atomic E-state index is 0.865. The van der Waals surface area contributed by atoms with Crippen molar-refractivity contribution in [3.8, 4) is 0 Å². The van der Waals surface area contributed by atoms with Crippen LogP contribution in [-0.4, -0.2) is 44.7 Å². The third kappa shape index (κ3) is 2.70. The summed E-state index contributed by atoms with van der Waals surface area (Å²) in [4.78, 5) is 17.4. The number of H-pyrrole nitrogens is 1. The SMILES string of the molecule is Cc1sc2nc(CN3CCCC3)nc(N3CCc4[nH]ncc4C3)c2c1C. The van der Waals surface area contributed by atoms with Crippen molar-refractivity contribution in [1.82, 2.24) is 25.1 Å². The molecule has 3 aromatic heterocycles. The lowest BCUT2D eigenvalue weighted by atomic mass is 10.1. The van der Waals surface area contributed by atoms with Crippen LogP contribution < -0.4 is 4.90 Å². The summed E-state index contributed by atoms with van der Waals surface area (Å²) < 4.78 is 0. The Bertz CT molecular complexity index is 952. The minimum absolute atomic E-state index is 0.865. The first-order valence-electron chi connectivity index (χ1n) is 9.44. The number of likely N-dealkylation sites (tertiary alicyclic amines) is 1. The Morgan fingerprint density at radius 2 is 2.00 bits per heavy atom. The second-order valence-electron chi connectivity index (χ2n) is 7.46. The molecule has 26 heavy (non-hydrogen) atoms. The second-order valence-corrected chi connectivity index (χ2v) is 8.66. The first kappa shape index (κ1) is 16.2. The molecule has 5 rings (SSSR count). The summed E-state index contributed by atoms with van der Waals surface area (Å²) in [7, 11) is 0.